The summed E-state index contributed by atoms with van der Waals surface area (Å²) in [6, 6.07) is 5.30. The van der Waals surface area contributed by atoms with Gasteiger partial charge in [0.1, 0.15) is 0 Å². The van der Waals surface area contributed by atoms with Gasteiger partial charge >= 0.3 is 0 Å². The van der Waals surface area contributed by atoms with E-state index in [1.54, 1.807) is 18.2 Å². The summed E-state index contributed by atoms with van der Waals surface area (Å²) in [6.45, 7) is 4.53. The van der Waals surface area contributed by atoms with Crippen LogP contribution in [0.1, 0.15) is 13.8 Å². The van der Waals surface area contributed by atoms with Gasteiger partial charge in [0.25, 0.3) is 5.91 Å². The van der Waals surface area contributed by atoms with Crippen LogP contribution in [0.5, 0.6) is 17.2 Å². The number of amides is 1. The standard InChI is InChI=1S/C12H17NO4/c1-3-15-9-6-5-7-10(16-4-2)12(9)17-8-11(13)14/h5-7H,3-4,8H2,1-2H3,(H2,13,14). The van der Waals surface area contributed by atoms with E-state index in [2.05, 4.69) is 0 Å². The van der Waals surface area contributed by atoms with Crippen molar-refractivity contribution in [1.82, 2.24) is 0 Å². The SMILES string of the molecule is CCOc1cccc(OCC)c1OCC(N)=O. The van der Waals surface area contributed by atoms with Crippen LogP contribution in [0.2, 0.25) is 0 Å². The van der Waals surface area contributed by atoms with Crippen molar-refractivity contribution in [1.29, 1.82) is 0 Å². The van der Waals surface area contributed by atoms with Crippen molar-refractivity contribution in [3.63, 3.8) is 0 Å². The molecule has 0 atom stereocenters. The molecule has 94 valence electrons. The number of benzene rings is 1. The molecule has 1 aromatic rings. The first-order chi connectivity index (χ1) is 8.19. The molecule has 17 heavy (non-hydrogen) atoms. The number of hydrogen-bond donors (Lipinski definition) is 1. The van der Waals surface area contributed by atoms with Gasteiger partial charge in [-0.15, -0.1) is 0 Å². The van der Waals surface area contributed by atoms with Gasteiger partial charge in [-0.1, -0.05) is 6.07 Å². The van der Waals surface area contributed by atoms with E-state index in [9.17, 15) is 4.79 Å². The Morgan fingerprint density at radius 3 is 2.06 bits per heavy atom. The first-order valence-electron chi connectivity index (χ1n) is 5.48. The predicted molar refractivity (Wildman–Crippen MR) is 63.5 cm³/mol. The Balaban J connectivity index is 2.95. The molecule has 0 saturated carbocycles. The topological polar surface area (TPSA) is 70.8 Å². The van der Waals surface area contributed by atoms with Crippen LogP contribution in [0.15, 0.2) is 18.2 Å². The van der Waals surface area contributed by atoms with Crippen molar-refractivity contribution in [2.45, 2.75) is 13.8 Å². The van der Waals surface area contributed by atoms with Gasteiger partial charge in [-0.05, 0) is 26.0 Å². The van der Waals surface area contributed by atoms with Gasteiger partial charge in [0.2, 0.25) is 5.75 Å². The van der Waals surface area contributed by atoms with Gasteiger partial charge in [0.15, 0.2) is 18.1 Å². The van der Waals surface area contributed by atoms with Crippen molar-refractivity contribution in [2.24, 2.45) is 5.73 Å². The van der Waals surface area contributed by atoms with E-state index in [1.165, 1.54) is 0 Å². The van der Waals surface area contributed by atoms with Gasteiger partial charge in [0, 0.05) is 0 Å². The molecule has 0 aromatic heterocycles. The third kappa shape index (κ3) is 3.86. The van der Waals surface area contributed by atoms with E-state index in [-0.39, 0.29) is 6.61 Å². The number of ether oxygens (including phenoxy) is 3. The Kier molecular flexibility index (Phi) is 5.13. The molecule has 0 aliphatic carbocycles. The lowest BCUT2D eigenvalue weighted by atomic mass is 10.3. The van der Waals surface area contributed by atoms with Crippen LogP contribution in [0.3, 0.4) is 0 Å². The average molecular weight is 239 g/mol. The van der Waals surface area contributed by atoms with E-state index in [4.69, 9.17) is 19.9 Å². The Hall–Kier alpha value is -1.91. The molecule has 1 aromatic carbocycles. The van der Waals surface area contributed by atoms with Crippen LogP contribution in [0.25, 0.3) is 0 Å². The maximum absolute atomic E-state index is 10.7. The van der Waals surface area contributed by atoms with Crippen molar-refractivity contribution >= 4 is 5.91 Å². The molecule has 0 spiro atoms. The quantitative estimate of drug-likeness (QED) is 0.779. The molecule has 5 heteroatoms. The van der Waals surface area contributed by atoms with E-state index in [0.29, 0.717) is 30.5 Å². The molecule has 0 fully saturated rings. The van der Waals surface area contributed by atoms with E-state index >= 15 is 0 Å². The zero-order chi connectivity index (χ0) is 12.7. The third-order valence-corrected chi connectivity index (χ3v) is 1.90. The lowest BCUT2D eigenvalue weighted by Crippen LogP contribution is -2.20. The summed E-state index contributed by atoms with van der Waals surface area (Å²) < 4.78 is 16.1. The second-order valence-corrected chi connectivity index (χ2v) is 3.20. The fraction of sp³-hybridized carbons (Fsp3) is 0.417. The summed E-state index contributed by atoms with van der Waals surface area (Å²) in [5, 5.41) is 0. The maximum Gasteiger partial charge on any atom is 0.255 e. The van der Waals surface area contributed by atoms with Crippen molar-refractivity contribution < 1.29 is 19.0 Å². The molecule has 1 rings (SSSR count). The number of primary amides is 1. The second-order valence-electron chi connectivity index (χ2n) is 3.20. The van der Waals surface area contributed by atoms with Crippen LogP contribution in [0.4, 0.5) is 0 Å². The van der Waals surface area contributed by atoms with Crippen LogP contribution in [-0.4, -0.2) is 25.7 Å². The Bertz CT molecular complexity index is 355. The van der Waals surface area contributed by atoms with E-state index in [0.717, 1.165) is 0 Å². The summed E-state index contributed by atoms with van der Waals surface area (Å²) in [4.78, 5) is 10.7. The van der Waals surface area contributed by atoms with Crippen molar-refractivity contribution in [3.05, 3.63) is 18.2 Å². The fourth-order valence-corrected chi connectivity index (χ4v) is 1.32. The molecular formula is C12H17NO4. The van der Waals surface area contributed by atoms with Gasteiger partial charge < -0.3 is 19.9 Å². The van der Waals surface area contributed by atoms with Gasteiger partial charge in [-0.2, -0.15) is 0 Å². The highest BCUT2D eigenvalue weighted by Gasteiger charge is 2.12. The summed E-state index contributed by atoms with van der Waals surface area (Å²) in [6.07, 6.45) is 0. The minimum absolute atomic E-state index is 0.204. The molecule has 0 heterocycles. The molecule has 5 nitrogen and oxygen atoms in total. The van der Waals surface area contributed by atoms with Crippen LogP contribution < -0.4 is 19.9 Å². The van der Waals surface area contributed by atoms with Crippen LogP contribution in [0, 0.1) is 0 Å². The molecule has 1 amide bonds. The van der Waals surface area contributed by atoms with E-state index in [1.807, 2.05) is 13.8 Å². The smallest absolute Gasteiger partial charge is 0.255 e. The average Bonchev–Trinajstić information content (AvgIpc) is 2.29. The zero-order valence-corrected chi connectivity index (χ0v) is 10.1. The molecule has 0 unspecified atom stereocenters. The Morgan fingerprint density at radius 1 is 1.12 bits per heavy atom. The minimum atomic E-state index is -0.543. The normalized spacial score (nSPS) is 9.76. The Labute approximate surface area is 100 Å². The molecule has 2 N–H and O–H groups in total. The number of nitrogens with two attached hydrogens (primary N) is 1. The lowest BCUT2D eigenvalue weighted by molar-refractivity contribution is -0.120. The molecular weight excluding hydrogens is 222 g/mol. The molecule has 0 radical (unpaired) electrons. The monoisotopic (exact) mass is 239 g/mol. The number of rotatable bonds is 7. The lowest BCUT2D eigenvalue weighted by Gasteiger charge is -2.14. The van der Waals surface area contributed by atoms with Crippen LogP contribution in [-0.2, 0) is 4.79 Å². The first-order valence-corrected chi connectivity index (χ1v) is 5.48. The molecule has 0 bridgehead atoms. The third-order valence-electron chi connectivity index (χ3n) is 1.90. The molecule has 0 aliphatic rings. The molecule has 0 saturated heterocycles. The van der Waals surface area contributed by atoms with Gasteiger partial charge in [-0.3, -0.25) is 4.79 Å². The number of carbonyl (C=O) groups is 1. The summed E-state index contributed by atoms with van der Waals surface area (Å²) in [7, 11) is 0. The highest BCUT2D eigenvalue weighted by molar-refractivity contribution is 5.75. The fourth-order valence-electron chi connectivity index (χ4n) is 1.32. The van der Waals surface area contributed by atoms with Crippen molar-refractivity contribution in [2.75, 3.05) is 19.8 Å². The maximum atomic E-state index is 10.7. The largest absolute Gasteiger partial charge is 0.490 e. The van der Waals surface area contributed by atoms with Gasteiger partial charge in [-0.25, -0.2) is 0 Å². The van der Waals surface area contributed by atoms with E-state index < -0.39 is 5.91 Å². The second kappa shape index (κ2) is 6.62. The summed E-state index contributed by atoms with van der Waals surface area (Å²) in [5.41, 5.74) is 5.04. The highest BCUT2D eigenvalue weighted by atomic mass is 16.5. The number of hydrogen-bond acceptors (Lipinski definition) is 4. The van der Waals surface area contributed by atoms with Gasteiger partial charge in [0.05, 0.1) is 13.2 Å². The van der Waals surface area contributed by atoms with Crippen LogP contribution >= 0.6 is 0 Å². The zero-order valence-electron chi connectivity index (χ0n) is 10.1. The number of carbonyl (C=O) groups excluding carboxylic acids is 1. The summed E-state index contributed by atoms with van der Waals surface area (Å²) >= 11 is 0. The predicted octanol–water partition coefficient (Wildman–Crippen LogP) is 1.35. The summed E-state index contributed by atoms with van der Waals surface area (Å²) in [5.74, 6) is 0.952. The highest BCUT2D eigenvalue weighted by Crippen LogP contribution is 2.37. The Morgan fingerprint density at radius 2 is 1.65 bits per heavy atom. The minimum Gasteiger partial charge on any atom is -0.490 e. The molecule has 0 aliphatic heterocycles. The number of para-hydroxylation sites is 1. The van der Waals surface area contributed by atoms with Crippen molar-refractivity contribution in [3.8, 4) is 17.2 Å². The first kappa shape index (κ1) is 13.2.